The zero-order valence-corrected chi connectivity index (χ0v) is 15.8. The molecule has 0 fully saturated rings. The Morgan fingerprint density at radius 2 is 1.74 bits per heavy atom. The van der Waals surface area contributed by atoms with Gasteiger partial charge in [0.15, 0.2) is 11.5 Å². The molecule has 1 atom stereocenters. The van der Waals surface area contributed by atoms with Gasteiger partial charge >= 0.3 is 0 Å². The van der Waals surface area contributed by atoms with E-state index in [-0.39, 0.29) is 12.5 Å². The van der Waals surface area contributed by atoms with Crippen LogP contribution in [0.1, 0.15) is 0 Å². The minimum absolute atomic E-state index is 0.157. The Kier molecular flexibility index (Phi) is 5.23. The summed E-state index contributed by atoms with van der Waals surface area (Å²) in [6.45, 7) is 0.157. The van der Waals surface area contributed by atoms with Gasteiger partial charge in [0, 0.05) is 14.8 Å². The minimum Gasteiger partial charge on any atom is -0.485 e. The largest absolute Gasteiger partial charge is 0.485 e. The van der Waals surface area contributed by atoms with Crippen molar-refractivity contribution in [1.82, 2.24) is 0 Å². The monoisotopic (exact) mass is 397 g/mol. The van der Waals surface area contributed by atoms with Gasteiger partial charge < -0.3 is 14.8 Å². The van der Waals surface area contributed by atoms with E-state index < -0.39 is 6.10 Å². The number of para-hydroxylation sites is 2. The van der Waals surface area contributed by atoms with Gasteiger partial charge in [0.05, 0.1) is 5.69 Å². The number of anilines is 1. The predicted molar refractivity (Wildman–Crippen MR) is 107 cm³/mol. The highest BCUT2D eigenvalue weighted by atomic mass is 35.5. The second kappa shape index (κ2) is 7.94. The normalized spacial score (nSPS) is 15.2. The number of rotatable bonds is 4. The van der Waals surface area contributed by atoms with Gasteiger partial charge in [-0.2, -0.15) is 0 Å². The van der Waals surface area contributed by atoms with Crippen molar-refractivity contribution in [2.75, 3.05) is 11.9 Å². The SMILES string of the molecule is O=C(Nc1cc(Cl)ccc1Sc1ccccc1)[C@H]1COc2ccccc2O1. The smallest absolute Gasteiger partial charge is 0.269 e. The molecule has 3 aromatic rings. The van der Waals surface area contributed by atoms with Crippen LogP contribution >= 0.6 is 23.4 Å². The van der Waals surface area contributed by atoms with Crippen molar-refractivity contribution < 1.29 is 14.3 Å². The number of carbonyl (C=O) groups excluding carboxylic acids is 1. The third-order valence-corrected chi connectivity index (χ3v) is 5.29. The predicted octanol–water partition coefficient (Wildman–Crippen LogP) is 5.27. The molecule has 1 aliphatic heterocycles. The quantitative estimate of drug-likeness (QED) is 0.651. The minimum atomic E-state index is -0.728. The van der Waals surface area contributed by atoms with Gasteiger partial charge in [-0.3, -0.25) is 4.79 Å². The number of carbonyl (C=O) groups is 1. The topological polar surface area (TPSA) is 47.6 Å². The third kappa shape index (κ3) is 4.21. The summed E-state index contributed by atoms with van der Waals surface area (Å²) in [6, 6.07) is 22.7. The van der Waals surface area contributed by atoms with Gasteiger partial charge in [0.2, 0.25) is 6.10 Å². The molecule has 1 heterocycles. The molecule has 6 heteroatoms. The molecule has 1 amide bonds. The third-order valence-electron chi connectivity index (χ3n) is 3.97. The van der Waals surface area contributed by atoms with Crippen LogP contribution in [0.25, 0.3) is 0 Å². The molecule has 3 aromatic carbocycles. The van der Waals surface area contributed by atoms with E-state index in [4.69, 9.17) is 21.1 Å². The summed E-state index contributed by atoms with van der Waals surface area (Å²) in [5, 5.41) is 3.47. The fraction of sp³-hybridized carbons (Fsp3) is 0.0952. The maximum Gasteiger partial charge on any atom is 0.269 e. The number of halogens is 1. The van der Waals surface area contributed by atoms with E-state index in [0.717, 1.165) is 9.79 Å². The maximum absolute atomic E-state index is 12.7. The van der Waals surface area contributed by atoms with Crippen LogP contribution in [0.4, 0.5) is 5.69 Å². The van der Waals surface area contributed by atoms with Crippen LogP contribution in [0.15, 0.2) is 82.6 Å². The standard InChI is InChI=1S/C21H16ClNO3S/c22-14-10-11-20(27-15-6-2-1-3-7-15)16(12-14)23-21(24)19-13-25-17-8-4-5-9-18(17)26-19/h1-12,19H,13H2,(H,23,24)/t19-/m1/s1. The van der Waals surface area contributed by atoms with E-state index in [0.29, 0.717) is 22.2 Å². The number of hydrogen-bond acceptors (Lipinski definition) is 4. The molecule has 1 aliphatic rings. The summed E-state index contributed by atoms with van der Waals surface area (Å²) in [5.41, 5.74) is 0.642. The van der Waals surface area contributed by atoms with Gasteiger partial charge in [-0.1, -0.05) is 53.7 Å². The van der Waals surface area contributed by atoms with E-state index in [1.165, 1.54) is 0 Å². The van der Waals surface area contributed by atoms with Crippen molar-refractivity contribution in [2.45, 2.75) is 15.9 Å². The molecule has 0 saturated carbocycles. The highest BCUT2D eigenvalue weighted by Gasteiger charge is 2.27. The van der Waals surface area contributed by atoms with Crippen molar-refractivity contribution in [3.63, 3.8) is 0 Å². The summed E-state index contributed by atoms with van der Waals surface area (Å²) < 4.78 is 11.4. The first-order valence-corrected chi connectivity index (χ1v) is 9.60. The van der Waals surface area contributed by atoms with Crippen LogP contribution < -0.4 is 14.8 Å². The fourth-order valence-corrected chi connectivity index (χ4v) is 3.74. The first kappa shape index (κ1) is 17.8. The maximum atomic E-state index is 12.7. The molecule has 0 spiro atoms. The lowest BCUT2D eigenvalue weighted by Gasteiger charge is -2.25. The molecule has 0 unspecified atom stereocenters. The Labute approximate surface area is 166 Å². The van der Waals surface area contributed by atoms with Crippen molar-refractivity contribution in [1.29, 1.82) is 0 Å². The van der Waals surface area contributed by atoms with Gasteiger partial charge in [-0.15, -0.1) is 0 Å². The molecule has 0 radical (unpaired) electrons. The van der Waals surface area contributed by atoms with E-state index in [9.17, 15) is 4.79 Å². The van der Waals surface area contributed by atoms with E-state index in [2.05, 4.69) is 5.32 Å². The number of nitrogens with one attached hydrogen (secondary N) is 1. The van der Waals surface area contributed by atoms with E-state index in [1.807, 2.05) is 54.6 Å². The van der Waals surface area contributed by atoms with Gasteiger partial charge in [-0.25, -0.2) is 0 Å². The first-order chi connectivity index (χ1) is 13.2. The molecule has 0 bridgehead atoms. The van der Waals surface area contributed by atoms with Gasteiger partial charge in [-0.05, 0) is 42.5 Å². The van der Waals surface area contributed by atoms with Crippen LogP contribution in [0.5, 0.6) is 11.5 Å². The van der Waals surface area contributed by atoms with E-state index in [1.54, 1.807) is 30.0 Å². The lowest BCUT2D eigenvalue weighted by Crippen LogP contribution is -2.40. The lowest BCUT2D eigenvalue weighted by atomic mass is 10.2. The van der Waals surface area contributed by atoms with Crippen molar-refractivity contribution >= 4 is 35.0 Å². The number of benzene rings is 3. The molecular weight excluding hydrogens is 382 g/mol. The molecule has 136 valence electrons. The van der Waals surface area contributed by atoms with Crippen molar-refractivity contribution in [2.24, 2.45) is 0 Å². The second-order valence-corrected chi connectivity index (χ2v) is 7.46. The average molecular weight is 398 g/mol. The van der Waals surface area contributed by atoms with Crippen LogP contribution in [0.2, 0.25) is 5.02 Å². The van der Waals surface area contributed by atoms with E-state index >= 15 is 0 Å². The summed E-state index contributed by atoms with van der Waals surface area (Å²) in [6.07, 6.45) is -0.728. The van der Waals surface area contributed by atoms with Crippen LogP contribution in [-0.2, 0) is 4.79 Å². The zero-order chi connectivity index (χ0) is 18.6. The number of fused-ring (bicyclic) bond motifs is 1. The highest BCUT2D eigenvalue weighted by Crippen LogP contribution is 2.36. The average Bonchev–Trinajstić information content (AvgIpc) is 2.70. The lowest BCUT2D eigenvalue weighted by molar-refractivity contribution is -0.125. The van der Waals surface area contributed by atoms with Crippen molar-refractivity contribution in [3.8, 4) is 11.5 Å². The molecule has 0 aliphatic carbocycles. The molecule has 1 N–H and O–H groups in total. The van der Waals surface area contributed by atoms with Crippen molar-refractivity contribution in [3.05, 3.63) is 77.8 Å². The Bertz CT molecular complexity index is 965. The van der Waals surface area contributed by atoms with Gasteiger partial charge in [0.1, 0.15) is 6.61 Å². The Morgan fingerprint density at radius 1 is 1.00 bits per heavy atom. The molecule has 0 saturated heterocycles. The number of hydrogen-bond donors (Lipinski definition) is 1. The Hall–Kier alpha value is -2.63. The first-order valence-electron chi connectivity index (χ1n) is 8.41. The van der Waals surface area contributed by atoms with Crippen LogP contribution in [0.3, 0.4) is 0 Å². The summed E-state index contributed by atoms with van der Waals surface area (Å²) >= 11 is 7.69. The molecule has 0 aromatic heterocycles. The number of amides is 1. The Balaban J connectivity index is 1.52. The molecule has 4 nitrogen and oxygen atoms in total. The highest BCUT2D eigenvalue weighted by molar-refractivity contribution is 7.99. The van der Waals surface area contributed by atoms with Gasteiger partial charge in [0.25, 0.3) is 5.91 Å². The second-order valence-electron chi connectivity index (χ2n) is 5.91. The summed E-state index contributed by atoms with van der Waals surface area (Å²) in [5.74, 6) is 0.931. The Morgan fingerprint density at radius 3 is 2.56 bits per heavy atom. The molecule has 27 heavy (non-hydrogen) atoms. The summed E-state index contributed by atoms with van der Waals surface area (Å²) in [7, 11) is 0. The molecule has 4 rings (SSSR count). The zero-order valence-electron chi connectivity index (χ0n) is 14.2. The molecular formula is C21H16ClNO3S. The fourth-order valence-electron chi connectivity index (χ4n) is 2.67. The van der Waals surface area contributed by atoms with Crippen LogP contribution in [-0.4, -0.2) is 18.6 Å². The summed E-state index contributed by atoms with van der Waals surface area (Å²) in [4.78, 5) is 14.7. The number of ether oxygens (including phenoxy) is 2. The van der Waals surface area contributed by atoms with Crippen LogP contribution in [0, 0.1) is 0 Å².